The fraction of sp³-hybridized carbons (Fsp3) is 0.500. The Balaban J connectivity index is 5.40. The lowest BCUT2D eigenvalue weighted by Crippen LogP contribution is -2.62. The molecule has 0 amide bonds. The standard InChI is InChI=1S/C8H3F9O4/c9-5(10,7(13,14)15)6(11,12)8(16,17)21-4(20)2-1-3(18)19/h1-2H,(H,18,19). The summed E-state index contributed by atoms with van der Waals surface area (Å²) in [5.74, 6) is -18.8. The van der Waals surface area contributed by atoms with Crippen LogP contribution in [0.4, 0.5) is 39.5 Å². The van der Waals surface area contributed by atoms with Crippen molar-refractivity contribution in [1.29, 1.82) is 0 Å². The molecule has 0 aromatic rings. The van der Waals surface area contributed by atoms with Crippen molar-refractivity contribution in [3.8, 4) is 0 Å². The smallest absolute Gasteiger partial charge is 0.473 e. The lowest BCUT2D eigenvalue weighted by molar-refractivity contribution is -0.434. The second-order valence-electron chi connectivity index (χ2n) is 3.26. The highest BCUT2D eigenvalue weighted by atomic mass is 19.4. The first kappa shape index (κ1) is 19.1. The van der Waals surface area contributed by atoms with Gasteiger partial charge in [-0.3, -0.25) is 0 Å². The number of hydrogen-bond donors (Lipinski definition) is 1. The van der Waals surface area contributed by atoms with Crippen molar-refractivity contribution in [3.63, 3.8) is 0 Å². The number of halogens is 9. The average Bonchev–Trinajstić information content (AvgIpc) is 2.23. The Labute approximate surface area is 108 Å². The fourth-order valence-electron chi connectivity index (χ4n) is 0.725. The number of alkyl halides is 9. The van der Waals surface area contributed by atoms with E-state index in [1.807, 2.05) is 0 Å². The van der Waals surface area contributed by atoms with Gasteiger partial charge in [-0.25, -0.2) is 9.59 Å². The van der Waals surface area contributed by atoms with Crippen molar-refractivity contribution in [1.82, 2.24) is 0 Å². The Morgan fingerprint density at radius 1 is 0.810 bits per heavy atom. The van der Waals surface area contributed by atoms with Crippen molar-refractivity contribution < 1.29 is 58.9 Å². The molecule has 0 heterocycles. The largest absolute Gasteiger partial charge is 0.478 e. The van der Waals surface area contributed by atoms with Gasteiger partial charge in [0.05, 0.1) is 0 Å². The molecule has 0 radical (unpaired) electrons. The van der Waals surface area contributed by atoms with Gasteiger partial charge in [-0.05, 0) is 0 Å². The Morgan fingerprint density at radius 3 is 1.57 bits per heavy atom. The number of carbonyl (C=O) groups is 2. The van der Waals surface area contributed by atoms with E-state index in [1.165, 1.54) is 0 Å². The van der Waals surface area contributed by atoms with Crippen LogP contribution in [0.1, 0.15) is 0 Å². The maximum Gasteiger partial charge on any atom is 0.473 e. The molecule has 13 heteroatoms. The molecule has 0 saturated heterocycles. The summed E-state index contributed by atoms with van der Waals surface area (Å²) in [7, 11) is 0. The van der Waals surface area contributed by atoms with E-state index in [0.717, 1.165) is 0 Å². The lowest BCUT2D eigenvalue weighted by atomic mass is 10.1. The Morgan fingerprint density at radius 2 is 1.24 bits per heavy atom. The molecule has 0 aliphatic heterocycles. The van der Waals surface area contributed by atoms with Crippen LogP contribution in [0.15, 0.2) is 12.2 Å². The molecule has 0 saturated carbocycles. The highest BCUT2D eigenvalue weighted by molar-refractivity contribution is 5.90. The molecule has 1 N–H and O–H groups in total. The quantitative estimate of drug-likeness (QED) is 0.477. The van der Waals surface area contributed by atoms with Crippen molar-refractivity contribution >= 4 is 11.9 Å². The van der Waals surface area contributed by atoms with Crippen LogP contribution in [0.2, 0.25) is 0 Å². The van der Waals surface area contributed by atoms with E-state index in [-0.39, 0.29) is 6.08 Å². The van der Waals surface area contributed by atoms with Crippen molar-refractivity contribution in [2.24, 2.45) is 0 Å². The molecular weight excluding hydrogens is 331 g/mol. The first-order valence-electron chi connectivity index (χ1n) is 4.40. The number of aliphatic carboxylic acids is 1. The first-order chi connectivity index (χ1) is 9.06. The van der Waals surface area contributed by atoms with E-state index in [1.54, 1.807) is 0 Å². The number of carbonyl (C=O) groups excluding carboxylic acids is 1. The van der Waals surface area contributed by atoms with Gasteiger partial charge in [0, 0.05) is 12.2 Å². The minimum atomic E-state index is -7.21. The Kier molecular flexibility index (Phi) is 4.94. The summed E-state index contributed by atoms with van der Waals surface area (Å²) in [5, 5.41) is 7.96. The molecular formula is C8H3F9O4. The molecule has 0 unspecified atom stereocenters. The van der Waals surface area contributed by atoms with E-state index < -0.39 is 42.1 Å². The number of esters is 1. The van der Waals surface area contributed by atoms with E-state index in [4.69, 9.17) is 5.11 Å². The SMILES string of the molecule is O=C(O)C=CC(=O)OC(F)(F)C(F)(F)C(F)(F)C(F)(F)F. The van der Waals surface area contributed by atoms with Gasteiger partial charge in [-0.15, -0.1) is 0 Å². The maximum atomic E-state index is 12.6. The van der Waals surface area contributed by atoms with Crippen LogP contribution in [0.3, 0.4) is 0 Å². The highest BCUT2D eigenvalue weighted by Crippen LogP contribution is 2.53. The minimum absolute atomic E-state index is 0.196. The van der Waals surface area contributed by atoms with E-state index in [9.17, 15) is 49.1 Å². The second kappa shape index (κ2) is 5.44. The van der Waals surface area contributed by atoms with Gasteiger partial charge >= 0.3 is 36.1 Å². The van der Waals surface area contributed by atoms with Gasteiger partial charge in [0.2, 0.25) is 0 Å². The summed E-state index contributed by atoms with van der Waals surface area (Å²) in [5.41, 5.74) is 0. The first-order valence-corrected chi connectivity index (χ1v) is 4.40. The number of carboxylic acid groups (broad SMARTS) is 1. The predicted octanol–water partition coefficient (Wildman–Crippen LogP) is 2.60. The molecule has 0 aliphatic rings. The van der Waals surface area contributed by atoms with Crippen LogP contribution in [0, 0.1) is 0 Å². The summed E-state index contributed by atoms with van der Waals surface area (Å²) in [4.78, 5) is 20.3. The summed E-state index contributed by atoms with van der Waals surface area (Å²) >= 11 is 0. The molecule has 4 nitrogen and oxygen atoms in total. The summed E-state index contributed by atoms with van der Waals surface area (Å²) < 4.78 is 113. The third kappa shape index (κ3) is 3.78. The molecule has 0 aromatic heterocycles. The molecule has 0 rings (SSSR count). The zero-order chi connectivity index (χ0) is 17.3. The zero-order valence-electron chi connectivity index (χ0n) is 9.23. The molecule has 122 valence electrons. The molecule has 0 bridgehead atoms. The normalized spacial score (nSPS) is 14.3. The van der Waals surface area contributed by atoms with Gasteiger partial charge in [0.25, 0.3) is 0 Å². The van der Waals surface area contributed by atoms with Crippen LogP contribution in [-0.4, -0.2) is 41.2 Å². The zero-order valence-corrected chi connectivity index (χ0v) is 9.23. The number of rotatable bonds is 5. The molecule has 0 aromatic carbocycles. The molecule has 0 fully saturated rings. The third-order valence-corrected chi connectivity index (χ3v) is 1.71. The van der Waals surface area contributed by atoms with Gasteiger partial charge in [-0.2, -0.15) is 39.5 Å². The minimum Gasteiger partial charge on any atom is -0.478 e. The topological polar surface area (TPSA) is 63.6 Å². The predicted molar refractivity (Wildman–Crippen MR) is 43.8 cm³/mol. The number of carboxylic acids is 1. The van der Waals surface area contributed by atoms with Gasteiger partial charge in [0.15, 0.2) is 0 Å². The number of ether oxygens (including phenoxy) is 1. The Hall–Kier alpha value is -1.95. The molecule has 0 spiro atoms. The van der Waals surface area contributed by atoms with Crippen LogP contribution in [0.5, 0.6) is 0 Å². The lowest BCUT2D eigenvalue weighted by Gasteiger charge is -2.32. The third-order valence-electron chi connectivity index (χ3n) is 1.71. The summed E-state index contributed by atoms with van der Waals surface area (Å²) in [6.45, 7) is 0. The summed E-state index contributed by atoms with van der Waals surface area (Å²) in [6, 6.07) is 0. The van der Waals surface area contributed by atoms with Crippen LogP contribution < -0.4 is 0 Å². The molecule has 0 atom stereocenters. The monoisotopic (exact) mass is 334 g/mol. The van der Waals surface area contributed by atoms with E-state index >= 15 is 0 Å². The summed E-state index contributed by atoms with van der Waals surface area (Å²) in [6.07, 6.45) is -14.2. The Bertz CT molecular complexity index is 451. The van der Waals surface area contributed by atoms with Crippen LogP contribution in [0.25, 0.3) is 0 Å². The van der Waals surface area contributed by atoms with E-state index in [0.29, 0.717) is 0 Å². The average molecular weight is 334 g/mol. The molecule has 21 heavy (non-hydrogen) atoms. The van der Waals surface area contributed by atoms with Crippen LogP contribution >= 0.6 is 0 Å². The van der Waals surface area contributed by atoms with E-state index in [2.05, 4.69) is 4.74 Å². The van der Waals surface area contributed by atoms with Gasteiger partial charge < -0.3 is 9.84 Å². The van der Waals surface area contributed by atoms with Crippen LogP contribution in [-0.2, 0) is 14.3 Å². The second-order valence-corrected chi connectivity index (χ2v) is 3.26. The highest BCUT2D eigenvalue weighted by Gasteiger charge is 2.83. The molecule has 0 aliphatic carbocycles. The van der Waals surface area contributed by atoms with Crippen molar-refractivity contribution in [2.45, 2.75) is 24.1 Å². The van der Waals surface area contributed by atoms with Crippen molar-refractivity contribution in [2.75, 3.05) is 0 Å². The number of hydrogen-bond acceptors (Lipinski definition) is 3. The maximum absolute atomic E-state index is 12.6. The van der Waals surface area contributed by atoms with Gasteiger partial charge in [-0.1, -0.05) is 0 Å². The fourth-order valence-corrected chi connectivity index (χ4v) is 0.725. The van der Waals surface area contributed by atoms with Gasteiger partial charge in [0.1, 0.15) is 0 Å². The van der Waals surface area contributed by atoms with Crippen molar-refractivity contribution in [3.05, 3.63) is 12.2 Å².